The predicted molar refractivity (Wildman–Crippen MR) is 126 cm³/mol. The number of hydrogen-bond donors (Lipinski definition) is 0. The van der Waals surface area contributed by atoms with Crippen molar-refractivity contribution in [1.82, 2.24) is 0 Å². The van der Waals surface area contributed by atoms with Crippen molar-refractivity contribution in [3.05, 3.63) is 66.8 Å². The summed E-state index contributed by atoms with van der Waals surface area (Å²) in [5.74, 6) is 0. The molecule has 0 fully saturated rings. The van der Waals surface area contributed by atoms with Gasteiger partial charge in [-0.15, -0.1) is 0 Å². The van der Waals surface area contributed by atoms with E-state index in [4.69, 9.17) is 0 Å². The standard InChI is InChI=1S/C28H36O2/c1-7-17-18(8-2)20(10-4)24-14-26-22(12-6)28(16-30)27(15-29)21(11-5)25(26)13-23(24)19(17)9-3/h15-16H,7-14H2,1-6H3. The topological polar surface area (TPSA) is 34.1 Å². The summed E-state index contributed by atoms with van der Waals surface area (Å²) >= 11 is 0. The Morgan fingerprint density at radius 1 is 0.467 bits per heavy atom. The monoisotopic (exact) mass is 404 g/mol. The molecule has 0 aromatic heterocycles. The fourth-order valence-corrected chi connectivity index (χ4v) is 6.10. The highest BCUT2D eigenvalue weighted by atomic mass is 16.1. The Bertz CT molecular complexity index is 915. The predicted octanol–water partition coefficient (Wildman–Crippen LogP) is 6.18. The molecule has 0 saturated carbocycles. The molecular formula is C28H36O2. The second-order valence-electron chi connectivity index (χ2n) is 8.32. The van der Waals surface area contributed by atoms with E-state index in [2.05, 4.69) is 41.5 Å². The summed E-state index contributed by atoms with van der Waals surface area (Å²) in [6.07, 6.45) is 9.43. The zero-order chi connectivity index (χ0) is 22.0. The number of carbonyl (C=O) groups is 2. The molecule has 0 bridgehead atoms. The number of aldehydes is 2. The van der Waals surface area contributed by atoms with E-state index in [1.54, 1.807) is 11.1 Å². The van der Waals surface area contributed by atoms with E-state index in [-0.39, 0.29) is 0 Å². The van der Waals surface area contributed by atoms with Crippen molar-refractivity contribution in [2.45, 2.75) is 92.9 Å². The molecule has 30 heavy (non-hydrogen) atoms. The third kappa shape index (κ3) is 3.25. The molecule has 0 aliphatic heterocycles. The molecule has 1 aliphatic carbocycles. The van der Waals surface area contributed by atoms with E-state index in [0.717, 1.165) is 75.1 Å². The summed E-state index contributed by atoms with van der Waals surface area (Å²) in [4.78, 5) is 24.0. The lowest BCUT2D eigenvalue weighted by Crippen LogP contribution is -2.22. The number of hydrogen-bond acceptors (Lipinski definition) is 2. The van der Waals surface area contributed by atoms with Crippen molar-refractivity contribution in [2.75, 3.05) is 0 Å². The number of fused-ring (bicyclic) bond motifs is 2. The molecule has 2 heteroatoms. The second-order valence-corrected chi connectivity index (χ2v) is 8.32. The molecule has 0 saturated heterocycles. The van der Waals surface area contributed by atoms with Gasteiger partial charge in [-0.25, -0.2) is 0 Å². The molecule has 0 spiro atoms. The molecule has 1 aliphatic rings. The van der Waals surface area contributed by atoms with E-state index in [1.165, 1.54) is 33.4 Å². The van der Waals surface area contributed by atoms with Crippen LogP contribution in [0.15, 0.2) is 0 Å². The van der Waals surface area contributed by atoms with Gasteiger partial charge >= 0.3 is 0 Å². The molecule has 2 nitrogen and oxygen atoms in total. The van der Waals surface area contributed by atoms with Gasteiger partial charge in [0.2, 0.25) is 0 Å². The van der Waals surface area contributed by atoms with Gasteiger partial charge in [0.25, 0.3) is 0 Å². The average molecular weight is 405 g/mol. The minimum atomic E-state index is 0.626. The lowest BCUT2D eigenvalue weighted by atomic mass is 9.71. The lowest BCUT2D eigenvalue weighted by Gasteiger charge is -2.33. The zero-order valence-corrected chi connectivity index (χ0v) is 19.6. The Labute approximate surface area is 182 Å². The van der Waals surface area contributed by atoms with E-state index >= 15 is 0 Å². The molecule has 0 radical (unpaired) electrons. The highest BCUT2D eigenvalue weighted by Crippen LogP contribution is 2.41. The molecule has 0 atom stereocenters. The molecule has 3 rings (SSSR count). The van der Waals surface area contributed by atoms with Crippen LogP contribution >= 0.6 is 0 Å². The van der Waals surface area contributed by atoms with Crippen LogP contribution < -0.4 is 0 Å². The molecule has 2 aromatic carbocycles. The molecule has 2 aromatic rings. The van der Waals surface area contributed by atoms with Gasteiger partial charge in [-0.2, -0.15) is 0 Å². The smallest absolute Gasteiger partial charge is 0.151 e. The Morgan fingerprint density at radius 3 is 0.967 bits per heavy atom. The van der Waals surface area contributed by atoms with Crippen molar-refractivity contribution in [3.63, 3.8) is 0 Å². The Hall–Kier alpha value is -2.22. The fraction of sp³-hybridized carbons (Fsp3) is 0.500. The van der Waals surface area contributed by atoms with Crippen molar-refractivity contribution in [2.24, 2.45) is 0 Å². The van der Waals surface area contributed by atoms with Crippen LogP contribution in [0.3, 0.4) is 0 Å². The summed E-state index contributed by atoms with van der Waals surface area (Å²) in [7, 11) is 0. The first-order valence-corrected chi connectivity index (χ1v) is 11.8. The molecule has 0 unspecified atom stereocenters. The summed E-state index contributed by atoms with van der Waals surface area (Å²) in [5.41, 5.74) is 15.2. The van der Waals surface area contributed by atoms with E-state index in [9.17, 15) is 9.59 Å². The van der Waals surface area contributed by atoms with Gasteiger partial charge in [-0.05, 0) is 107 Å². The number of rotatable bonds is 8. The van der Waals surface area contributed by atoms with E-state index in [0.29, 0.717) is 11.1 Å². The van der Waals surface area contributed by atoms with Gasteiger partial charge in [-0.3, -0.25) is 9.59 Å². The number of carbonyl (C=O) groups excluding carboxylic acids is 2. The van der Waals surface area contributed by atoms with Gasteiger partial charge in [0.15, 0.2) is 12.6 Å². The highest BCUT2D eigenvalue weighted by molar-refractivity contribution is 5.94. The first-order valence-electron chi connectivity index (χ1n) is 11.8. The van der Waals surface area contributed by atoms with Gasteiger partial charge in [0, 0.05) is 11.1 Å². The van der Waals surface area contributed by atoms with Crippen molar-refractivity contribution in [1.29, 1.82) is 0 Å². The third-order valence-corrected chi connectivity index (χ3v) is 7.28. The van der Waals surface area contributed by atoms with Crippen LogP contribution in [-0.4, -0.2) is 12.6 Å². The Balaban J connectivity index is 2.43. The molecule has 160 valence electrons. The third-order valence-electron chi connectivity index (χ3n) is 7.28. The van der Waals surface area contributed by atoms with Crippen molar-refractivity contribution in [3.8, 4) is 0 Å². The van der Waals surface area contributed by atoms with Crippen LogP contribution in [0.5, 0.6) is 0 Å². The van der Waals surface area contributed by atoms with Crippen LogP contribution in [0.2, 0.25) is 0 Å². The average Bonchev–Trinajstić information content (AvgIpc) is 2.79. The zero-order valence-electron chi connectivity index (χ0n) is 19.6. The fourth-order valence-electron chi connectivity index (χ4n) is 6.10. The van der Waals surface area contributed by atoms with Crippen LogP contribution in [0, 0.1) is 0 Å². The largest absolute Gasteiger partial charge is 0.298 e. The van der Waals surface area contributed by atoms with Gasteiger partial charge in [0.1, 0.15) is 0 Å². The summed E-state index contributed by atoms with van der Waals surface area (Å²) in [6.45, 7) is 13.3. The summed E-state index contributed by atoms with van der Waals surface area (Å²) in [6, 6.07) is 0. The summed E-state index contributed by atoms with van der Waals surface area (Å²) in [5, 5.41) is 0. The van der Waals surface area contributed by atoms with Crippen molar-refractivity contribution >= 4 is 12.6 Å². The Kier molecular flexibility index (Phi) is 6.95. The SMILES string of the molecule is CCc1c(C=O)c(C=O)c(CC)c2c1Cc1c(CC)c(CC)c(CC)c(CC)c1C2. The van der Waals surface area contributed by atoms with Crippen LogP contribution in [0.1, 0.15) is 118 Å². The first-order chi connectivity index (χ1) is 14.6. The highest BCUT2D eigenvalue weighted by Gasteiger charge is 2.30. The van der Waals surface area contributed by atoms with Gasteiger partial charge < -0.3 is 0 Å². The van der Waals surface area contributed by atoms with Crippen LogP contribution in [0.4, 0.5) is 0 Å². The quantitative estimate of drug-likeness (QED) is 0.420. The normalized spacial score (nSPS) is 12.5. The number of benzene rings is 2. The van der Waals surface area contributed by atoms with Gasteiger partial charge in [-0.1, -0.05) is 41.5 Å². The maximum atomic E-state index is 12.0. The van der Waals surface area contributed by atoms with E-state index in [1.807, 2.05) is 0 Å². The minimum Gasteiger partial charge on any atom is -0.298 e. The van der Waals surface area contributed by atoms with E-state index < -0.39 is 0 Å². The molecular weight excluding hydrogens is 368 g/mol. The maximum Gasteiger partial charge on any atom is 0.151 e. The van der Waals surface area contributed by atoms with Crippen LogP contribution in [0.25, 0.3) is 0 Å². The molecule has 0 heterocycles. The lowest BCUT2D eigenvalue weighted by molar-refractivity contribution is 0.109. The van der Waals surface area contributed by atoms with Crippen molar-refractivity contribution < 1.29 is 9.59 Å². The maximum absolute atomic E-state index is 12.0. The summed E-state index contributed by atoms with van der Waals surface area (Å²) < 4.78 is 0. The second kappa shape index (κ2) is 9.29. The van der Waals surface area contributed by atoms with Gasteiger partial charge in [0.05, 0.1) is 0 Å². The molecule has 0 amide bonds. The molecule has 0 N–H and O–H groups in total. The van der Waals surface area contributed by atoms with Crippen LogP contribution in [-0.2, 0) is 51.4 Å². The Morgan fingerprint density at radius 2 is 0.733 bits per heavy atom. The minimum absolute atomic E-state index is 0.626. The first kappa shape index (κ1) is 22.5.